The molecule has 4 fully saturated rings. The molecule has 1 aromatic rings. The maximum atomic E-state index is 12.7. The summed E-state index contributed by atoms with van der Waals surface area (Å²) >= 11 is 0. The van der Waals surface area contributed by atoms with Gasteiger partial charge in [0.15, 0.2) is 0 Å². The first-order valence-electron chi connectivity index (χ1n) is 7.64. The summed E-state index contributed by atoms with van der Waals surface area (Å²) in [6.45, 7) is 0. The zero-order chi connectivity index (χ0) is 13.7. The zero-order valence-corrected chi connectivity index (χ0v) is 11.5. The fourth-order valence-corrected chi connectivity index (χ4v) is 5.16. The van der Waals surface area contributed by atoms with Crippen molar-refractivity contribution >= 4 is 11.7 Å². The number of aromatic nitrogens is 1. The molecule has 2 N–H and O–H groups in total. The average molecular weight is 272 g/mol. The van der Waals surface area contributed by atoms with Crippen LogP contribution in [-0.2, 0) is 4.79 Å². The van der Waals surface area contributed by atoms with Gasteiger partial charge in [0, 0.05) is 6.07 Å². The summed E-state index contributed by atoms with van der Waals surface area (Å²) in [4.78, 5) is 26.7. The van der Waals surface area contributed by atoms with E-state index in [1.807, 2.05) is 0 Å². The number of hydrogen-bond donors (Lipinski definition) is 2. The smallest absolute Gasteiger partial charge is 0.249 e. The topological polar surface area (TPSA) is 62.0 Å². The highest BCUT2D eigenvalue weighted by Gasteiger charge is 2.54. The quantitative estimate of drug-likeness (QED) is 0.869. The van der Waals surface area contributed by atoms with Gasteiger partial charge in [0.05, 0.1) is 5.41 Å². The van der Waals surface area contributed by atoms with Crippen LogP contribution in [0.1, 0.15) is 38.5 Å². The third-order valence-corrected chi connectivity index (χ3v) is 5.54. The van der Waals surface area contributed by atoms with Crippen LogP contribution in [0.5, 0.6) is 0 Å². The first-order chi connectivity index (χ1) is 9.63. The first-order valence-corrected chi connectivity index (χ1v) is 7.64. The van der Waals surface area contributed by atoms with Crippen LogP contribution in [0.25, 0.3) is 0 Å². The Morgan fingerprint density at radius 2 is 1.70 bits per heavy atom. The van der Waals surface area contributed by atoms with Crippen LogP contribution in [0, 0.1) is 23.2 Å². The number of H-pyrrole nitrogens is 1. The Balaban J connectivity index is 1.58. The van der Waals surface area contributed by atoms with Gasteiger partial charge in [-0.25, -0.2) is 0 Å². The van der Waals surface area contributed by atoms with Gasteiger partial charge in [-0.15, -0.1) is 0 Å². The molecule has 106 valence electrons. The molecule has 0 unspecified atom stereocenters. The summed E-state index contributed by atoms with van der Waals surface area (Å²) in [7, 11) is 0. The van der Waals surface area contributed by atoms with E-state index in [-0.39, 0.29) is 16.9 Å². The molecule has 5 rings (SSSR count). The van der Waals surface area contributed by atoms with Gasteiger partial charge in [-0.05, 0) is 62.3 Å². The maximum Gasteiger partial charge on any atom is 0.249 e. The minimum absolute atomic E-state index is 0.124. The summed E-state index contributed by atoms with van der Waals surface area (Å²) in [6.07, 6.45) is 7.11. The van der Waals surface area contributed by atoms with E-state index in [1.165, 1.54) is 25.3 Å². The molecule has 4 bridgehead atoms. The Morgan fingerprint density at radius 3 is 2.25 bits per heavy atom. The van der Waals surface area contributed by atoms with Crippen molar-refractivity contribution in [2.75, 3.05) is 5.32 Å². The second kappa shape index (κ2) is 4.21. The molecule has 1 heterocycles. The van der Waals surface area contributed by atoms with E-state index in [1.54, 1.807) is 12.1 Å². The van der Waals surface area contributed by atoms with Crippen LogP contribution in [0.15, 0.2) is 23.0 Å². The van der Waals surface area contributed by atoms with Crippen molar-refractivity contribution in [2.45, 2.75) is 38.5 Å². The van der Waals surface area contributed by atoms with Crippen molar-refractivity contribution in [2.24, 2.45) is 23.2 Å². The minimum Gasteiger partial charge on any atom is -0.312 e. The highest BCUT2D eigenvalue weighted by atomic mass is 16.2. The lowest BCUT2D eigenvalue weighted by Gasteiger charge is -2.55. The van der Waals surface area contributed by atoms with Gasteiger partial charge in [-0.3, -0.25) is 9.59 Å². The molecule has 1 aromatic heterocycles. The van der Waals surface area contributed by atoms with E-state index >= 15 is 0 Å². The summed E-state index contributed by atoms with van der Waals surface area (Å²) in [5.41, 5.74) is -0.338. The molecule has 1 amide bonds. The average Bonchev–Trinajstić information content (AvgIpc) is 2.37. The van der Waals surface area contributed by atoms with Crippen molar-refractivity contribution in [1.82, 2.24) is 4.98 Å². The second-order valence-electron chi connectivity index (χ2n) is 7.08. The number of aromatic amines is 1. The van der Waals surface area contributed by atoms with E-state index in [9.17, 15) is 9.59 Å². The summed E-state index contributed by atoms with van der Waals surface area (Å²) in [5, 5.41) is 2.95. The van der Waals surface area contributed by atoms with E-state index < -0.39 is 0 Å². The van der Waals surface area contributed by atoms with E-state index in [4.69, 9.17) is 0 Å². The number of anilines is 1. The van der Waals surface area contributed by atoms with Gasteiger partial charge in [0.1, 0.15) is 5.82 Å². The van der Waals surface area contributed by atoms with E-state index in [0.717, 1.165) is 37.0 Å². The van der Waals surface area contributed by atoms with E-state index in [2.05, 4.69) is 10.3 Å². The zero-order valence-electron chi connectivity index (χ0n) is 11.5. The van der Waals surface area contributed by atoms with Crippen molar-refractivity contribution < 1.29 is 4.79 Å². The van der Waals surface area contributed by atoms with Crippen LogP contribution in [0.4, 0.5) is 5.82 Å². The molecule has 20 heavy (non-hydrogen) atoms. The third kappa shape index (κ3) is 1.89. The fraction of sp³-hybridized carbons (Fsp3) is 0.625. The van der Waals surface area contributed by atoms with Gasteiger partial charge >= 0.3 is 0 Å². The summed E-state index contributed by atoms with van der Waals surface area (Å²) in [5.74, 6) is 2.90. The van der Waals surface area contributed by atoms with Crippen molar-refractivity contribution in [3.63, 3.8) is 0 Å². The highest BCUT2D eigenvalue weighted by Crippen LogP contribution is 2.60. The molecule has 4 heteroatoms. The van der Waals surface area contributed by atoms with Gasteiger partial charge in [0.2, 0.25) is 11.5 Å². The van der Waals surface area contributed by atoms with Gasteiger partial charge in [-0.2, -0.15) is 0 Å². The van der Waals surface area contributed by atoms with Crippen LogP contribution < -0.4 is 10.9 Å². The Kier molecular flexibility index (Phi) is 2.56. The normalized spacial score (nSPS) is 37.9. The molecule has 0 atom stereocenters. The number of amides is 1. The Hall–Kier alpha value is -1.58. The number of carbonyl (C=O) groups is 1. The maximum absolute atomic E-state index is 12.7. The predicted molar refractivity (Wildman–Crippen MR) is 76.3 cm³/mol. The molecule has 4 saturated carbocycles. The lowest BCUT2D eigenvalue weighted by atomic mass is 9.49. The second-order valence-corrected chi connectivity index (χ2v) is 7.08. The molecular formula is C16H20N2O2. The minimum atomic E-state index is -0.173. The molecule has 0 aromatic carbocycles. The molecule has 0 aliphatic heterocycles. The van der Waals surface area contributed by atoms with Gasteiger partial charge < -0.3 is 10.3 Å². The molecule has 4 aliphatic rings. The number of carbonyl (C=O) groups excluding carboxylic acids is 1. The number of hydrogen-bond acceptors (Lipinski definition) is 2. The Labute approximate surface area is 118 Å². The first kappa shape index (κ1) is 12.2. The largest absolute Gasteiger partial charge is 0.312 e. The summed E-state index contributed by atoms with van der Waals surface area (Å²) < 4.78 is 0. The predicted octanol–water partition coefficient (Wildman–Crippen LogP) is 2.53. The number of rotatable bonds is 2. The lowest BCUT2D eigenvalue weighted by Crippen LogP contribution is -2.51. The van der Waals surface area contributed by atoms with E-state index in [0.29, 0.717) is 5.82 Å². The third-order valence-electron chi connectivity index (χ3n) is 5.54. The molecule has 4 aliphatic carbocycles. The van der Waals surface area contributed by atoms with Gasteiger partial charge in [-0.1, -0.05) is 6.07 Å². The van der Waals surface area contributed by atoms with Crippen molar-refractivity contribution in [3.05, 3.63) is 28.6 Å². The van der Waals surface area contributed by atoms with Crippen LogP contribution >= 0.6 is 0 Å². The van der Waals surface area contributed by atoms with Crippen LogP contribution in [0.2, 0.25) is 0 Å². The Morgan fingerprint density at radius 1 is 1.10 bits per heavy atom. The van der Waals surface area contributed by atoms with Crippen LogP contribution in [0.3, 0.4) is 0 Å². The fourth-order valence-electron chi connectivity index (χ4n) is 5.16. The standard InChI is InChI=1S/C16H20N2O2/c19-14-3-1-2-13(17-14)18-15(20)16-7-10-4-11(8-16)6-12(5-10)9-16/h1-3,10-12H,4-9H2,(H2,17,18,19,20). The van der Waals surface area contributed by atoms with Crippen LogP contribution in [-0.4, -0.2) is 10.9 Å². The van der Waals surface area contributed by atoms with Gasteiger partial charge in [0.25, 0.3) is 0 Å². The molecule has 0 saturated heterocycles. The SMILES string of the molecule is O=C(Nc1cccc(=O)[nH]1)C12CC3CC(CC(C3)C1)C2. The lowest BCUT2D eigenvalue weighted by molar-refractivity contribution is -0.140. The molecule has 4 nitrogen and oxygen atoms in total. The monoisotopic (exact) mass is 272 g/mol. The number of nitrogens with one attached hydrogen (secondary N) is 2. The molecular weight excluding hydrogens is 252 g/mol. The Bertz CT molecular complexity index is 569. The number of pyridine rings is 1. The summed E-state index contributed by atoms with van der Waals surface area (Å²) in [6, 6.07) is 4.88. The van der Waals surface area contributed by atoms with Crippen molar-refractivity contribution in [1.29, 1.82) is 0 Å². The highest BCUT2D eigenvalue weighted by molar-refractivity contribution is 5.94. The molecule has 0 radical (unpaired) electrons. The molecule has 0 spiro atoms. The van der Waals surface area contributed by atoms with Crippen molar-refractivity contribution in [3.8, 4) is 0 Å².